The van der Waals surface area contributed by atoms with Crippen molar-refractivity contribution in [3.8, 4) is 50.6 Å². The predicted molar refractivity (Wildman–Crippen MR) is 287 cm³/mol. The quantitative estimate of drug-likeness (QED) is 0.139. The minimum Gasteiger partial charge on any atom is -0.507 e. The van der Waals surface area contributed by atoms with Crippen LogP contribution in [0.5, 0.6) is 5.75 Å². The average Bonchev–Trinajstić information content (AvgIpc) is 3.63. The van der Waals surface area contributed by atoms with Crippen molar-refractivity contribution >= 4 is 33.1 Å². The lowest BCUT2D eigenvalue weighted by Crippen LogP contribution is -2.19. The molecule has 5 nitrogen and oxygen atoms in total. The molecule has 6 aromatic carbocycles. The molecule has 0 atom stereocenters. The highest BCUT2D eigenvalue weighted by molar-refractivity contribution is 6.01. The van der Waals surface area contributed by atoms with E-state index in [1.165, 1.54) is 27.5 Å². The Hall–Kier alpha value is -7.24. The first-order valence-electron chi connectivity index (χ1n) is 23.2. The Bertz CT molecular complexity index is 3270. The zero-order chi connectivity index (χ0) is 48.2. The summed E-state index contributed by atoms with van der Waals surface area (Å²) in [6.45, 7) is 34.9. The van der Waals surface area contributed by atoms with Gasteiger partial charge in [0.25, 0.3) is 0 Å². The van der Waals surface area contributed by atoms with Gasteiger partial charge >= 0.3 is 0 Å². The maximum atomic E-state index is 12.1. The fraction of sp³-hybridized carbons (Fsp3) is 0.226. The Morgan fingerprint density at radius 3 is 2.03 bits per heavy atom. The number of benzene rings is 6. The zero-order valence-electron chi connectivity index (χ0n) is 41.2. The third-order valence-corrected chi connectivity index (χ3v) is 13.1. The molecule has 8 aromatic rings. The molecule has 0 aliphatic heterocycles. The number of hydrogen-bond donors (Lipinski definition) is 1. The summed E-state index contributed by atoms with van der Waals surface area (Å²) in [6.07, 6.45) is 5.52. The normalized spacial score (nSPS) is 12.6. The molecular formula is C62H64N4O. The number of rotatable bonds is 10. The lowest BCUT2D eigenvalue weighted by atomic mass is 9.78. The molecule has 0 spiro atoms. The van der Waals surface area contributed by atoms with Crippen molar-refractivity contribution < 1.29 is 5.11 Å². The van der Waals surface area contributed by atoms with E-state index < -0.39 is 0 Å². The van der Waals surface area contributed by atoms with Crippen molar-refractivity contribution in [2.45, 2.75) is 85.5 Å². The van der Waals surface area contributed by atoms with Gasteiger partial charge in [0.2, 0.25) is 0 Å². The van der Waals surface area contributed by atoms with E-state index in [0.29, 0.717) is 11.4 Å². The van der Waals surface area contributed by atoms with E-state index in [0.717, 1.165) is 72.8 Å². The maximum Gasteiger partial charge on any atom is 0.144 e. The van der Waals surface area contributed by atoms with Gasteiger partial charge < -0.3 is 14.6 Å². The maximum absolute atomic E-state index is 12.1. The van der Waals surface area contributed by atoms with Crippen molar-refractivity contribution in [2.24, 2.45) is 7.05 Å². The number of phenolic OH excluding ortho intramolecular Hbond substituents is 1. The average molecular weight is 881 g/mol. The zero-order valence-corrected chi connectivity index (χ0v) is 41.2. The minimum absolute atomic E-state index is 0.0312. The number of para-hydroxylation sites is 1. The molecule has 2 heterocycles. The van der Waals surface area contributed by atoms with Gasteiger partial charge in [0, 0.05) is 47.0 Å². The number of aryl methyl sites for hydroxylation is 1. The number of phenols is 1. The first kappa shape index (κ1) is 46.3. The van der Waals surface area contributed by atoms with E-state index in [9.17, 15) is 5.11 Å². The summed E-state index contributed by atoms with van der Waals surface area (Å²) in [5.41, 5.74) is 16.7. The van der Waals surface area contributed by atoms with Gasteiger partial charge in [-0.05, 0) is 134 Å². The second-order valence-electron chi connectivity index (χ2n) is 20.9. The molecule has 2 aromatic heterocycles. The molecular weight excluding hydrogens is 817 g/mol. The van der Waals surface area contributed by atoms with Gasteiger partial charge in [-0.15, -0.1) is 0 Å². The fourth-order valence-electron chi connectivity index (χ4n) is 9.23. The molecule has 0 amide bonds. The molecule has 5 heteroatoms. The van der Waals surface area contributed by atoms with Gasteiger partial charge in [0.1, 0.15) is 11.6 Å². The number of allylic oxidation sites excluding steroid dienone is 4. The minimum atomic E-state index is -0.142. The van der Waals surface area contributed by atoms with Crippen LogP contribution in [0.2, 0.25) is 0 Å². The van der Waals surface area contributed by atoms with Crippen LogP contribution < -0.4 is 4.90 Å². The molecule has 0 bridgehead atoms. The van der Waals surface area contributed by atoms with Gasteiger partial charge in [-0.2, -0.15) is 0 Å². The number of aromatic hydroxyl groups is 1. The van der Waals surface area contributed by atoms with Crippen LogP contribution >= 0.6 is 0 Å². The van der Waals surface area contributed by atoms with Crippen LogP contribution in [0, 0.1) is 0 Å². The van der Waals surface area contributed by atoms with E-state index in [1.54, 1.807) is 6.08 Å². The molecule has 0 fully saturated rings. The van der Waals surface area contributed by atoms with Crippen LogP contribution in [0.4, 0.5) is 5.69 Å². The van der Waals surface area contributed by atoms with Crippen LogP contribution in [0.1, 0.15) is 91.5 Å². The number of hydrogen-bond acceptors (Lipinski definition) is 4. The van der Waals surface area contributed by atoms with Crippen LogP contribution in [-0.2, 0) is 23.3 Å². The molecule has 0 aliphatic rings. The van der Waals surface area contributed by atoms with Crippen molar-refractivity contribution in [3.05, 3.63) is 199 Å². The third kappa shape index (κ3) is 8.91. The van der Waals surface area contributed by atoms with Crippen molar-refractivity contribution in [3.63, 3.8) is 0 Å². The first-order chi connectivity index (χ1) is 31.7. The molecule has 338 valence electrons. The lowest BCUT2D eigenvalue weighted by Gasteiger charge is -2.28. The van der Waals surface area contributed by atoms with Crippen LogP contribution in [0.25, 0.3) is 72.3 Å². The summed E-state index contributed by atoms with van der Waals surface area (Å²) < 4.78 is 2.12. The number of pyridine rings is 1. The number of anilines is 1. The fourth-order valence-corrected chi connectivity index (χ4v) is 9.23. The van der Waals surface area contributed by atoms with Gasteiger partial charge in [-0.25, -0.2) is 4.98 Å². The summed E-state index contributed by atoms with van der Waals surface area (Å²) in [4.78, 5) is 12.4. The highest BCUT2D eigenvalue weighted by Crippen LogP contribution is 2.44. The first-order valence-corrected chi connectivity index (χ1v) is 23.2. The van der Waals surface area contributed by atoms with Gasteiger partial charge in [-0.1, -0.05) is 161 Å². The second-order valence-corrected chi connectivity index (χ2v) is 20.9. The van der Waals surface area contributed by atoms with E-state index >= 15 is 0 Å². The van der Waals surface area contributed by atoms with Crippen LogP contribution in [0.15, 0.2) is 177 Å². The number of fused-ring (bicyclic) bond motifs is 2. The van der Waals surface area contributed by atoms with Gasteiger partial charge in [0.15, 0.2) is 0 Å². The van der Waals surface area contributed by atoms with E-state index in [-0.39, 0.29) is 22.0 Å². The Labute approximate surface area is 398 Å². The van der Waals surface area contributed by atoms with Crippen molar-refractivity contribution in [1.29, 1.82) is 0 Å². The highest BCUT2D eigenvalue weighted by atomic mass is 16.3. The Kier molecular flexibility index (Phi) is 12.1. The van der Waals surface area contributed by atoms with Gasteiger partial charge in [-0.3, -0.25) is 4.98 Å². The van der Waals surface area contributed by atoms with Crippen molar-refractivity contribution in [1.82, 2.24) is 14.5 Å². The Morgan fingerprint density at radius 2 is 1.37 bits per heavy atom. The smallest absolute Gasteiger partial charge is 0.144 e. The molecule has 0 aliphatic carbocycles. The summed E-state index contributed by atoms with van der Waals surface area (Å²) in [6, 6.07) is 44.8. The van der Waals surface area contributed by atoms with Crippen LogP contribution in [-0.4, -0.2) is 19.6 Å². The van der Waals surface area contributed by atoms with E-state index in [4.69, 9.17) is 9.97 Å². The number of aromatic nitrogens is 3. The topological polar surface area (TPSA) is 54.2 Å². The lowest BCUT2D eigenvalue weighted by molar-refractivity contribution is 0.477. The number of imidazole rings is 1. The monoisotopic (exact) mass is 881 g/mol. The highest BCUT2D eigenvalue weighted by Gasteiger charge is 2.26. The van der Waals surface area contributed by atoms with E-state index in [2.05, 4.69) is 189 Å². The van der Waals surface area contributed by atoms with Crippen LogP contribution in [0.3, 0.4) is 0 Å². The molecule has 8 rings (SSSR count). The summed E-state index contributed by atoms with van der Waals surface area (Å²) in [7, 11) is 2.05. The molecule has 0 saturated heterocycles. The largest absolute Gasteiger partial charge is 0.507 e. The van der Waals surface area contributed by atoms with E-state index in [1.807, 2.05) is 55.7 Å². The molecule has 0 unspecified atom stereocenters. The van der Waals surface area contributed by atoms with Crippen molar-refractivity contribution in [2.75, 3.05) is 4.90 Å². The standard InChI is InChI=1S/C62H64N4O/c1-15-39(3)66(48-23-18-17-19-24-48)40(4)49(16-2)43-31-32-63-54(35-43)44-22-20-21-41(33-44)52-37-47(61(8,9)10)38-55-58(52)64-59(65(55)14)51-28-25-45(36-56(51)67)57-50-29-27-46(60(5,6)7)34-42(50)26-30-53(57)62(11,12)13/h15-38,67H,1-3H2,4-14H3/b49-40-. The second kappa shape index (κ2) is 17.5. The predicted octanol–water partition coefficient (Wildman–Crippen LogP) is 16.5. The third-order valence-electron chi connectivity index (χ3n) is 13.1. The summed E-state index contributed by atoms with van der Waals surface area (Å²) in [5.74, 6) is 0.886. The van der Waals surface area contributed by atoms with Gasteiger partial charge in [0.05, 0.1) is 22.3 Å². The Morgan fingerprint density at radius 1 is 0.657 bits per heavy atom. The molecule has 67 heavy (non-hydrogen) atoms. The SMILES string of the molecule is C=CC(=C)N(/C(C)=C(/C=C)c1ccnc(-c2cccc(-c3cc(C(C)(C)C)cc4c3nc(-c3ccc(-c5c(C(C)(C)C)ccc6cc(C(C)(C)C)ccc56)cc3O)n4C)c2)c1)c1ccccc1. The summed E-state index contributed by atoms with van der Waals surface area (Å²) in [5, 5.41) is 14.4. The molecule has 0 radical (unpaired) electrons. The summed E-state index contributed by atoms with van der Waals surface area (Å²) >= 11 is 0. The number of nitrogens with zero attached hydrogens (tertiary/aromatic N) is 4. The Balaban J connectivity index is 1.23. The molecule has 0 saturated carbocycles. The molecule has 1 N–H and O–H groups in total.